The number of hydrogen-bond donors (Lipinski definition) is 6. The molecule has 0 aromatic heterocycles. The number of nitrogens with two attached hydrogens (primary N) is 1. The van der Waals surface area contributed by atoms with Gasteiger partial charge in [-0.2, -0.15) is 0 Å². The maximum atomic E-state index is 12.4. The fraction of sp³-hybridized carbons (Fsp3) is 0.844. The summed E-state index contributed by atoms with van der Waals surface area (Å²) in [6.07, 6.45) is 18.3. The fourth-order valence-electron chi connectivity index (χ4n) is 6.51. The molecule has 0 saturated carbocycles. The molecule has 2 rings (SSSR count). The highest BCUT2D eigenvalue weighted by molar-refractivity contribution is 9.14. The molecule has 0 aromatic carbocycles. The van der Waals surface area contributed by atoms with Gasteiger partial charge in [0.15, 0.2) is 8.53 Å². The molecule has 0 aromatic rings. The number of ether oxygens (including phenoxy) is 4. The number of carbonyl (C=O) groups excluding carboxylic acids is 4. The lowest BCUT2D eigenvalue weighted by Crippen LogP contribution is -2.31. The van der Waals surface area contributed by atoms with Crippen LogP contribution < -0.4 is 16.4 Å². The van der Waals surface area contributed by atoms with Crippen LogP contribution in [-0.4, -0.2) is 136 Å². The van der Waals surface area contributed by atoms with Crippen molar-refractivity contribution >= 4 is 106 Å². The predicted molar refractivity (Wildman–Crippen MR) is 278 cm³/mol. The van der Waals surface area contributed by atoms with Gasteiger partial charge in [0.25, 0.3) is 0 Å². The first kappa shape index (κ1) is 64.6. The van der Waals surface area contributed by atoms with Gasteiger partial charge in [-0.25, -0.2) is 0 Å². The van der Waals surface area contributed by atoms with Gasteiger partial charge < -0.3 is 50.6 Å². The lowest BCUT2D eigenvalue weighted by Gasteiger charge is -2.13. The average Bonchev–Trinajstić information content (AvgIpc) is 4.06. The number of hydrogen-bond acceptors (Lipinski definition) is 18. The zero-order chi connectivity index (χ0) is 49.9. The van der Waals surface area contributed by atoms with Gasteiger partial charge in [0.2, 0.25) is 11.8 Å². The molecule has 394 valence electrons. The van der Waals surface area contributed by atoms with Gasteiger partial charge in [0.1, 0.15) is 25.0 Å². The van der Waals surface area contributed by atoms with Crippen LogP contribution in [-0.2, 0) is 52.5 Å². The summed E-state index contributed by atoms with van der Waals surface area (Å²) in [5.74, 6) is -4.46. The van der Waals surface area contributed by atoms with Crippen molar-refractivity contribution in [3.8, 4) is 0 Å². The summed E-state index contributed by atoms with van der Waals surface area (Å²) >= 11 is 0. The van der Waals surface area contributed by atoms with E-state index in [-0.39, 0.29) is 108 Å². The van der Waals surface area contributed by atoms with Crippen LogP contribution in [0.25, 0.3) is 0 Å². The molecule has 0 bridgehead atoms. The number of carboxylic acid groups (broad SMARTS) is 3. The van der Waals surface area contributed by atoms with Gasteiger partial charge in [-0.15, -0.1) is 0 Å². The Bertz CT molecular complexity index is 1400. The first-order valence-corrected chi connectivity index (χ1v) is 30.9. The molecule has 68 heavy (non-hydrogen) atoms. The second-order valence-corrected chi connectivity index (χ2v) is 26.0. The molecule has 2 amide bonds. The summed E-state index contributed by atoms with van der Waals surface area (Å²) in [6, 6.07) is -0.891. The van der Waals surface area contributed by atoms with Crippen LogP contribution in [0.15, 0.2) is 0 Å². The van der Waals surface area contributed by atoms with E-state index in [1.54, 1.807) is 0 Å². The Morgan fingerprint density at radius 3 is 1.54 bits per heavy atom. The third-order valence-corrected chi connectivity index (χ3v) is 23.4. The smallest absolute Gasteiger partial charge is 0.320 e. The number of aliphatic carboxylic acids is 3. The molecule has 0 radical (unpaired) electrons. The number of carbonyl (C=O) groups is 7. The van der Waals surface area contributed by atoms with Gasteiger partial charge in [-0.3, -0.25) is 33.6 Å². The maximum absolute atomic E-state index is 12.4. The van der Waals surface area contributed by atoms with Crippen LogP contribution in [0.1, 0.15) is 154 Å². The Balaban J connectivity index is 0.00000256. The summed E-state index contributed by atoms with van der Waals surface area (Å²) in [5, 5.41) is 33.6. The largest absolute Gasteiger partial charge is 0.481 e. The number of nitrogens with one attached hydrogen (secondary N) is 2. The first-order chi connectivity index (χ1) is 32.8. The normalized spacial score (nSPS) is 14.6. The molecule has 17 nitrogen and oxygen atoms in total. The number of unbranched alkanes of at least 4 members (excludes halogenated alkanes) is 14. The van der Waals surface area contributed by atoms with Crippen LogP contribution in [0.5, 0.6) is 0 Å². The zero-order valence-corrected chi connectivity index (χ0v) is 44.7. The van der Waals surface area contributed by atoms with Crippen LogP contribution >= 0.6 is 64.8 Å². The number of rotatable bonds is 46. The van der Waals surface area contributed by atoms with Crippen molar-refractivity contribution < 1.29 is 67.8 Å². The van der Waals surface area contributed by atoms with Crippen molar-refractivity contribution in [1.82, 2.24) is 10.6 Å². The van der Waals surface area contributed by atoms with Crippen molar-refractivity contribution in [2.45, 2.75) is 163 Å². The Hall–Kier alpha value is -1.41. The van der Waals surface area contributed by atoms with E-state index in [1.807, 2.05) is 64.8 Å². The minimum Gasteiger partial charge on any atom is -0.481 e. The molecule has 2 fully saturated rings. The molecule has 7 N–H and O–H groups in total. The van der Waals surface area contributed by atoms with E-state index < -0.39 is 29.9 Å². The van der Waals surface area contributed by atoms with Gasteiger partial charge >= 0.3 is 17.9 Å². The van der Waals surface area contributed by atoms with Crippen molar-refractivity contribution in [1.29, 1.82) is 0 Å². The fourth-order valence-corrected chi connectivity index (χ4v) is 19.5. The van der Waals surface area contributed by atoms with Crippen LogP contribution in [0.2, 0.25) is 0 Å². The van der Waals surface area contributed by atoms with E-state index in [0.29, 0.717) is 48.0 Å². The summed E-state index contributed by atoms with van der Waals surface area (Å²) in [6.45, 7) is 2.00. The minimum atomic E-state index is -1.07. The van der Waals surface area contributed by atoms with E-state index in [2.05, 4.69) is 10.6 Å². The quantitative estimate of drug-likeness (QED) is 0.0189. The lowest BCUT2D eigenvalue weighted by molar-refractivity contribution is -0.144. The number of Topliss-reactive ketones (excluding diaryl/α,β-unsaturated/α-hetero) is 2. The maximum Gasteiger partial charge on any atom is 0.320 e. The van der Waals surface area contributed by atoms with E-state index in [1.165, 1.54) is 50.0 Å². The molecule has 1 spiro atoms. The highest BCUT2D eigenvalue weighted by Crippen LogP contribution is 2.83. The Morgan fingerprint density at radius 2 is 1.00 bits per heavy atom. The van der Waals surface area contributed by atoms with Gasteiger partial charge in [0, 0.05) is 51.8 Å². The van der Waals surface area contributed by atoms with Crippen molar-refractivity contribution in [2.75, 3.05) is 71.0 Å². The SMILES string of the molecule is C1SSC2(SS1)SS2.N[C@@H](CCCCNC(=O)COCCOCCCC(=O)COCCOCCNC(=O)CC[C@H](CC(=O)CCCCCCCCCCCCCCCCC(=O)O)C(=O)O)C(=O)O. The zero-order valence-electron chi connectivity index (χ0n) is 39.8. The molecular weight excluding hydrogens is 999 g/mol. The molecule has 2 saturated heterocycles. The minimum absolute atomic E-state index is 0.000682. The molecule has 2 aliphatic rings. The Kier molecular flexibility index (Phi) is 42.1. The molecular formula is C45H79N3O14S6. The van der Waals surface area contributed by atoms with Crippen LogP contribution in [0.3, 0.4) is 0 Å². The van der Waals surface area contributed by atoms with Crippen molar-refractivity contribution in [3.05, 3.63) is 0 Å². The van der Waals surface area contributed by atoms with Crippen LogP contribution in [0, 0.1) is 5.92 Å². The second kappa shape index (κ2) is 44.3. The Morgan fingerprint density at radius 1 is 0.485 bits per heavy atom. The highest BCUT2D eigenvalue weighted by atomic mass is 33.2. The highest BCUT2D eigenvalue weighted by Gasteiger charge is 2.50. The molecule has 2 aliphatic heterocycles. The molecule has 0 unspecified atom stereocenters. The van der Waals surface area contributed by atoms with Crippen molar-refractivity contribution in [3.63, 3.8) is 0 Å². The number of ketones is 2. The number of carboxylic acids is 3. The van der Waals surface area contributed by atoms with E-state index in [0.717, 1.165) is 44.9 Å². The summed E-state index contributed by atoms with van der Waals surface area (Å²) in [7, 11) is 12.0. The molecule has 23 heteroatoms. The standard InChI is InChI=1S/C43H77N3O14.C2H2S6/c44-38(43(55)56)20-15-16-24-45-40(50)34-60-31-28-57-26-17-19-37(48)33-59-30-29-58-27-25-46-39(49)23-22-35(42(53)54)32-36(47)18-13-11-9-7-5-3-1-2-4-6-8-10-12-14-21-41(51)52;1-3-5-2(6-4-1)7-8-2/h35,38H,1-34,44H2,(H,45,50)(H,46,49)(H,51,52)(H,53,54)(H,55,56);1H2/t35-,38+;/m1./s1. The predicted octanol–water partition coefficient (Wildman–Crippen LogP) is 8.71. The summed E-state index contributed by atoms with van der Waals surface area (Å²) in [5.41, 5.74) is 5.42. The van der Waals surface area contributed by atoms with E-state index in [9.17, 15) is 38.7 Å². The van der Waals surface area contributed by atoms with E-state index in [4.69, 9.17) is 34.9 Å². The van der Waals surface area contributed by atoms with Gasteiger partial charge in [-0.1, -0.05) is 120 Å². The molecule has 2 heterocycles. The third-order valence-electron chi connectivity index (χ3n) is 10.4. The monoisotopic (exact) mass is 1080 g/mol. The molecule has 0 aliphatic carbocycles. The van der Waals surface area contributed by atoms with Crippen molar-refractivity contribution in [2.24, 2.45) is 11.7 Å². The first-order valence-electron chi connectivity index (χ1n) is 24.1. The lowest BCUT2D eigenvalue weighted by atomic mass is 9.94. The third kappa shape index (κ3) is 41.2. The molecule has 2 atom stereocenters. The topological polar surface area (TPSA) is 267 Å². The Labute approximate surface area is 427 Å². The van der Waals surface area contributed by atoms with Crippen LogP contribution in [0.4, 0.5) is 0 Å². The van der Waals surface area contributed by atoms with Gasteiger partial charge in [-0.05, 0) is 66.5 Å². The summed E-state index contributed by atoms with van der Waals surface area (Å²) < 4.78 is 21.9. The second-order valence-electron chi connectivity index (χ2n) is 16.5. The van der Waals surface area contributed by atoms with E-state index >= 15 is 0 Å². The average molecular weight is 1080 g/mol. The number of amides is 2. The van der Waals surface area contributed by atoms with Gasteiger partial charge in [0.05, 0.1) is 44.0 Å². The summed E-state index contributed by atoms with van der Waals surface area (Å²) in [4.78, 5) is 81.2.